The lowest BCUT2D eigenvalue weighted by molar-refractivity contribution is -0.153. The first-order valence-electron chi connectivity index (χ1n) is 7.64. The van der Waals surface area contributed by atoms with Gasteiger partial charge >= 0.3 is 5.97 Å². The molecule has 25 heavy (non-hydrogen) atoms. The summed E-state index contributed by atoms with van der Waals surface area (Å²) in [6.07, 6.45) is 1.36. The monoisotopic (exact) mass is 492 g/mol. The van der Waals surface area contributed by atoms with Crippen molar-refractivity contribution in [1.29, 1.82) is 0 Å². The van der Waals surface area contributed by atoms with E-state index in [0.29, 0.717) is 4.60 Å². The molecule has 5 atom stereocenters. The molecule has 7 nitrogen and oxygen atoms in total. The van der Waals surface area contributed by atoms with Gasteiger partial charge in [-0.05, 0) is 49.4 Å². The number of ether oxygens (including phenoxy) is 2. The Morgan fingerprint density at radius 3 is 2.84 bits per heavy atom. The second-order valence-electron chi connectivity index (χ2n) is 5.82. The molecule has 2 heterocycles. The third-order valence-corrected chi connectivity index (χ3v) is 6.72. The van der Waals surface area contributed by atoms with Crippen LogP contribution in [0.4, 0.5) is 0 Å². The van der Waals surface area contributed by atoms with Gasteiger partial charge in [0.2, 0.25) is 0 Å². The van der Waals surface area contributed by atoms with Crippen molar-refractivity contribution < 1.29 is 14.3 Å². The second-order valence-corrected chi connectivity index (χ2v) is 8.63. The van der Waals surface area contributed by atoms with Crippen molar-refractivity contribution in [1.82, 2.24) is 4.98 Å². The van der Waals surface area contributed by atoms with E-state index in [1.807, 2.05) is 19.9 Å². The molecular formula is C15H18Br2N4O3S. The fraction of sp³-hybridized carbons (Fsp3) is 0.600. The first-order valence-corrected chi connectivity index (χ1v) is 10.1. The number of nitrogens with zero attached hydrogens (tertiary/aromatic N) is 4. The summed E-state index contributed by atoms with van der Waals surface area (Å²) in [6.45, 7) is 5.43. The molecule has 0 bridgehead atoms. The molecule has 10 heteroatoms. The van der Waals surface area contributed by atoms with Gasteiger partial charge in [-0.25, -0.2) is 4.98 Å². The third kappa shape index (κ3) is 5.34. The SMILES string of the molecule is CC(=O)OCC1O[C@H](Sc2cc(Br)cnc2Br)C(C)[C@@H](N=[N+]=[N-])[C@H]1C. The maximum Gasteiger partial charge on any atom is 0.302 e. The summed E-state index contributed by atoms with van der Waals surface area (Å²) in [5.74, 6) is -0.445. The van der Waals surface area contributed by atoms with Crippen molar-refractivity contribution in [2.75, 3.05) is 6.61 Å². The highest BCUT2D eigenvalue weighted by molar-refractivity contribution is 9.11. The molecule has 136 valence electrons. The number of thioether (sulfide) groups is 1. The van der Waals surface area contributed by atoms with Gasteiger partial charge in [0, 0.05) is 39.4 Å². The van der Waals surface area contributed by atoms with Gasteiger partial charge in [0.15, 0.2) is 0 Å². The minimum Gasteiger partial charge on any atom is -0.463 e. The van der Waals surface area contributed by atoms with Crippen molar-refractivity contribution in [3.8, 4) is 0 Å². The summed E-state index contributed by atoms with van der Waals surface area (Å²) in [5.41, 5.74) is 8.65. The normalized spacial score (nSPS) is 28.9. The van der Waals surface area contributed by atoms with Gasteiger partial charge in [0.25, 0.3) is 0 Å². The third-order valence-electron chi connectivity index (χ3n) is 4.05. The van der Waals surface area contributed by atoms with Gasteiger partial charge in [-0.15, -0.1) is 0 Å². The second kappa shape index (κ2) is 9.23. The van der Waals surface area contributed by atoms with Gasteiger partial charge in [0.1, 0.15) is 16.6 Å². The Kier molecular flexibility index (Phi) is 7.57. The number of aromatic nitrogens is 1. The summed E-state index contributed by atoms with van der Waals surface area (Å²) in [5, 5.41) is 3.96. The number of pyridine rings is 1. The van der Waals surface area contributed by atoms with Crippen LogP contribution in [0.3, 0.4) is 0 Å². The minimum absolute atomic E-state index is 0.0182. The first kappa shape index (κ1) is 20.5. The summed E-state index contributed by atoms with van der Waals surface area (Å²) in [4.78, 5) is 19.3. The molecule has 1 aliphatic heterocycles. The molecule has 1 fully saturated rings. The average molecular weight is 494 g/mol. The number of hydrogen-bond donors (Lipinski definition) is 0. The highest BCUT2D eigenvalue weighted by Gasteiger charge is 2.42. The van der Waals surface area contributed by atoms with E-state index in [9.17, 15) is 4.79 Å². The van der Waals surface area contributed by atoms with E-state index in [0.717, 1.165) is 9.37 Å². The van der Waals surface area contributed by atoms with E-state index in [4.69, 9.17) is 15.0 Å². The van der Waals surface area contributed by atoms with Crippen LogP contribution in [0, 0.1) is 11.8 Å². The maximum absolute atomic E-state index is 11.1. The van der Waals surface area contributed by atoms with Crippen molar-refractivity contribution in [2.45, 2.75) is 43.2 Å². The number of hydrogen-bond acceptors (Lipinski definition) is 6. The van der Waals surface area contributed by atoms with Crippen LogP contribution in [-0.4, -0.2) is 35.1 Å². The molecule has 1 aliphatic rings. The fourth-order valence-electron chi connectivity index (χ4n) is 2.69. The van der Waals surface area contributed by atoms with E-state index < -0.39 is 0 Å². The topological polar surface area (TPSA) is 97.2 Å². The number of halogens is 2. The molecule has 0 aliphatic carbocycles. The Labute approximate surface area is 167 Å². The van der Waals surface area contributed by atoms with Crippen LogP contribution in [-0.2, 0) is 14.3 Å². The van der Waals surface area contributed by atoms with Crippen LogP contribution in [0.15, 0.2) is 31.3 Å². The van der Waals surface area contributed by atoms with E-state index in [2.05, 4.69) is 46.9 Å². The predicted octanol–water partition coefficient (Wildman–Crippen LogP) is 4.94. The van der Waals surface area contributed by atoms with Crippen molar-refractivity contribution in [3.05, 3.63) is 31.8 Å². The Bertz CT molecular complexity index is 687. The number of carbonyl (C=O) groups is 1. The molecule has 1 saturated heterocycles. The zero-order valence-corrected chi connectivity index (χ0v) is 17.9. The van der Waals surface area contributed by atoms with Gasteiger partial charge in [-0.2, -0.15) is 0 Å². The van der Waals surface area contributed by atoms with E-state index in [1.54, 1.807) is 6.20 Å². The number of rotatable bonds is 5. The highest BCUT2D eigenvalue weighted by Crippen LogP contribution is 2.42. The van der Waals surface area contributed by atoms with Crippen LogP contribution in [0.25, 0.3) is 10.4 Å². The Balaban J connectivity index is 2.23. The fourth-order valence-corrected chi connectivity index (χ4v) is 4.84. The summed E-state index contributed by atoms with van der Waals surface area (Å²) in [6, 6.07) is 1.69. The molecule has 1 aromatic rings. The molecular weight excluding hydrogens is 476 g/mol. The smallest absolute Gasteiger partial charge is 0.302 e. The van der Waals surface area contributed by atoms with Gasteiger partial charge < -0.3 is 9.47 Å². The molecule has 0 spiro atoms. The predicted molar refractivity (Wildman–Crippen MR) is 102 cm³/mol. The van der Waals surface area contributed by atoms with Crippen LogP contribution < -0.4 is 0 Å². The Morgan fingerprint density at radius 2 is 2.20 bits per heavy atom. The number of azide groups is 1. The van der Waals surface area contributed by atoms with Crippen LogP contribution in [0.5, 0.6) is 0 Å². The first-order chi connectivity index (χ1) is 11.8. The van der Waals surface area contributed by atoms with Crippen molar-refractivity contribution >= 4 is 49.6 Å². The summed E-state index contributed by atoms with van der Waals surface area (Å²) in [7, 11) is 0. The van der Waals surface area contributed by atoms with Gasteiger partial charge in [-0.3, -0.25) is 4.79 Å². The quantitative estimate of drug-likeness (QED) is 0.190. The molecule has 0 aromatic carbocycles. The van der Waals surface area contributed by atoms with Crippen LogP contribution >= 0.6 is 43.6 Å². The largest absolute Gasteiger partial charge is 0.463 e. The molecule has 0 N–H and O–H groups in total. The number of carbonyl (C=O) groups excluding carboxylic acids is 1. The number of esters is 1. The van der Waals surface area contributed by atoms with E-state index in [1.165, 1.54) is 18.7 Å². The zero-order valence-electron chi connectivity index (χ0n) is 13.9. The lowest BCUT2D eigenvalue weighted by Crippen LogP contribution is -2.48. The van der Waals surface area contributed by atoms with Crippen LogP contribution in [0.1, 0.15) is 20.8 Å². The highest BCUT2D eigenvalue weighted by atomic mass is 79.9. The standard InChI is InChI=1S/C15H18Br2N4O3S/c1-7-11(6-23-9(3)22)24-15(8(2)13(7)20-21-18)25-12-4-10(16)5-19-14(12)17/h4-5,7-8,11,13,15H,6H2,1-3H3/t7-,8?,11?,13-,15+/m0/s1. The lowest BCUT2D eigenvalue weighted by Gasteiger charge is -2.42. The Hall–Kier alpha value is -0.800. The van der Waals surface area contributed by atoms with Gasteiger partial charge in [0.05, 0.1) is 6.10 Å². The molecule has 2 rings (SSSR count). The maximum atomic E-state index is 11.1. The van der Waals surface area contributed by atoms with Crippen LogP contribution in [0.2, 0.25) is 0 Å². The zero-order chi connectivity index (χ0) is 18.6. The molecule has 0 radical (unpaired) electrons. The lowest BCUT2D eigenvalue weighted by atomic mass is 9.85. The van der Waals surface area contributed by atoms with E-state index in [-0.39, 0.29) is 42.0 Å². The molecule has 0 saturated carbocycles. The Morgan fingerprint density at radius 1 is 1.48 bits per heavy atom. The van der Waals surface area contributed by atoms with Gasteiger partial charge in [-0.1, -0.05) is 30.7 Å². The summed E-state index contributed by atoms with van der Waals surface area (Å²) >= 11 is 8.35. The molecule has 1 aromatic heterocycles. The minimum atomic E-state index is -0.363. The van der Waals surface area contributed by atoms with Crippen molar-refractivity contribution in [2.24, 2.45) is 17.0 Å². The average Bonchev–Trinajstić information content (AvgIpc) is 2.56. The summed E-state index contributed by atoms with van der Waals surface area (Å²) < 4.78 is 12.9. The van der Waals surface area contributed by atoms with E-state index >= 15 is 0 Å². The molecule has 0 amide bonds. The van der Waals surface area contributed by atoms with Crippen molar-refractivity contribution in [3.63, 3.8) is 0 Å². The molecule has 2 unspecified atom stereocenters.